The van der Waals surface area contributed by atoms with E-state index in [4.69, 9.17) is 5.26 Å². The van der Waals surface area contributed by atoms with Crippen LogP contribution in [-0.2, 0) is 0 Å². The van der Waals surface area contributed by atoms with Gasteiger partial charge in [0.05, 0.1) is 9.93 Å². The number of hydrogen-bond acceptors (Lipinski definition) is 6. The first-order valence-corrected chi connectivity index (χ1v) is 7.29. The monoisotopic (exact) mass is 302 g/mol. The maximum Gasteiger partial charge on any atom is 0.292 e. The van der Waals surface area contributed by atoms with Gasteiger partial charge in [-0.15, -0.1) is 0 Å². The van der Waals surface area contributed by atoms with Gasteiger partial charge in [-0.1, -0.05) is 37.3 Å². The van der Waals surface area contributed by atoms with Gasteiger partial charge in [-0.05, 0) is 12.5 Å². The molecule has 0 aliphatic heterocycles. The fourth-order valence-corrected chi connectivity index (χ4v) is 2.81. The number of nitrogens with one attached hydrogen (secondary N) is 1. The van der Waals surface area contributed by atoms with Gasteiger partial charge in [-0.2, -0.15) is 5.26 Å². The minimum atomic E-state index is -0.453. The summed E-state index contributed by atoms with van der Waals surface area (Å²) in [7, 11) is 0. The molecule has 1 aromatic carbocycles. The molecule has 0 bridgehead atoms. The highest BCUT2D eigenvalue weighted by molar-refractivity contribution is 7.16. The summed E-state index contributed by atoms with van der Waals surface area (Å²) < 4.78 is 0. The van der Waals surface area contributed by atoms with Crippen LogP contribution in [0.3, 0.4) is 0 Å². The number of para-hydroxylation sites is 2. The summed E-state index contributed by atoms with van der Waals surface area (Å²) in [5.74, 6) is 0.253. The van der Waals surface area contributed by atoms with Gasteiger partial charge in [0.15, 0.2) is 5.69 Å². The van der Waals surface area contributed by atoms with E-state index in [2.05, 4.69) is 10.3 Å². The summed E-state index contributed by atoms with van der Waals surface area (Å²) in [6, 6.07) is 8.37. The van der Waals surface area contributed by atoms with Crippen molar-refractivity contribution in [3.05, 3.63) is 45.1 Å². The van der Waals surface area contributed by atoms with Gasteiger partial charge in [0.1, 0.15) is 16.8 Å². The maximum absolute atomic E-state index is 11.0. The van der Waals surface area contributed by atoms with Crippen molar-refractivity contribution in [2.45, 2.75) is 26.2 Å². The van der Waals surface area contributed by atoms with Crippen LogP contribution in [0.4, 0.5) is 16.4 Å². The Labute approximate surface area is 126 Å². The molecule has 0 fully saturated rings. The van der Waals surface area contributed by atoms with Crippen LogP contribution in [-0.4, -0.2) is 9.91 Å². The van der Waals surface area contributed by atoms with Crippen LogP contribution < -0.4 is 5.32 Å². The molecule has 0 aliphatic carbocycles. The molecule has 1 unspecified atom stereocenters. The van der Waals surface area contributed by atoms with E-state index < -0.39 is 4.92 Å². The molecule has 0 saturated heterocycles. The topological polar surface area (TPSA) is 91.8 Å². The van der Waals surface area contributed by atoms with Gasteiger partial charge < -0.3 is 5.32 Å². The lowest BCUT2D eigenvalue weighted by molar-refractivity contribution is -0.383. The number of aromatic nitrogens is 1. The SMILES string of the molecule is CCC(C)c1nc(C#N)c(Nc2ccccc2[N+](=O)[O-])s1. The van der Waals surface area contributed by atoms with E-state index in [1.54, 1.807) is 18.2 Å². The van der Waals surface area contributed by atoms with Gasteiger partial charge in [0, 0.05) is 12.0 Å². The molecule has 0 aliphatic rings. The summed E-state index contributed by atoms with van der Waals surface area (Å²) in [5.41, 5.74) is 0.603. The average Bonchev–Trinajstić information content (AvgIpc) is 2.89. The van der Waals surface area contributed by atoms with Gasteiger partial charge in [0.2, 0.25) is 0 Å². The molecular formula is C14H14N4O2S. The van der Waals surface area contributed by atoms with Crippen molar-refractivity contribution in [1.82, 2.24) is 4.98 Å². The molecule has 108 valence electrons. The van der Waals surface area contributed by atoms with E-state index in [1.165, 1.54) is 17.4 Å². The Morgan fingerprint density at radius 1 is 1.52 bits per heavy atom. The number of nitriles is 1. The van der Waals surface area contributed by atoms with E-state index in [0.29, 0.717) is 10.7 Å². The molecule has 2 aromatic rings. The lowest BCUT2D eigenvalue weighted by atomic mass is 10.1. The van der Waals surface area contributed by atoms with Crippen molar-refractivity contribution in [3.63, 3.8) is 0 Å². The standard InChI is InChI=1S/C14H14N4O2S/c1-3-9(2)13-17-11(8-15)14(21-13)16-10-6-4-5-7-12(10)18(19)20/h4-7,9,16H,3H2,1-2H3. The van der Waals surface area contributed by atoms with Crippen molar-refractivity contribution in [1.29, 1.82) is 5.26 Å². The molecule has 1 N–H and O–H groups in total. The predicted octanol–water partition coefficient (Wildman–Crippen LogP) is 4.18. The molecule has 1 atom stereocenters. The Morgan fingerprint density at radius 3 is 2.86 bits per heavy atom. The first-order valence-electron chi connectivity index (χ1n) is 6.48. The molecule has 7 heteroatoms. The van der Waals surface area contributed by atoms with Crippen molar-refractivity contribution < 1.29 is 4.92 Å². The normalized spacial score (nSPS) is 11.7. The molecule has 21 heavy (non-hydrogen) atoms. The second-order valence-electron chi connectivity index (χ2n) is 4.55. The Balaban J connectivity index is 2.38. The van der Waals surface area contributed by atoms with Crippen LogP contribution in [0.25, 0.3) is 0 Å². The number of nitrogens with zero attached hydrogens (tertiary/aromatic N) is 3. The molecule has 1 aromatic heterocycles. The minimum absolute atomic E-state index is 0.0279. The molecule has 6 nitrogen and oxygen atoms in total. The summed E-state index contributed by atoms with van der Waals surface area (Å²) in [4.78, 5) is 14.9. The van der Waals surface area contributed by atoms with Crippen LogP contribution >= 0.6 is 11.3 Å². The van der Waals surface area contributed by atoms with Crippen molar-refractivity contribution in [2.75, 3.05) is 5.32 Å². The third-order valence-corrected chi connectivity index (χ3v) is 4.33. The van der Waals surface area contributed by atoms with Crippen molar-refractivity contribution in [3.8, 4) is 6.07 Å². The van der Waals surface area contributed by atoms with E-state index in [9.17, 15) is 10.1 Å². The zero-order chi connectivity index (χ0) is 15.4. The predicted molar refractivity (Wildman–Crippen MR) is 81.9 cm³/mol. The average molecular weight is 302 g/mol. The molecular weight excluding hydrogens is 288 g/mol. The third-order valence-electron chi connectivity index (χ3n) is 3.13. The summed E-state index contributed by atoms with van der Waals surface area (Å²) in [6.45, 7) is 4.09. The van der Waals surface area contributed by atoms with E-state index in [0.717, 1.165) is 11.4 Å². The zero-order valence-corrected chi connectivity index (χ0v) is 12.5. The second-order valence-corrected chi connectivity index (χ2v) is 5.58. The highest BCUT2D eigenvalue weighted by Gasteiger charge is 2.18. The fraction of sp³-hybridized carbons (Fsp3) is 0.286. The van der Waals surface area contributed by atoms with E-state index in [1.807, 2.05) is 19.9 Å². The second kappa shape index (κ2) is 6.33. The first kappa shape index (κ1) is 14.9. The van der Waals surface area contributed by atoms with Crippen LogP contribution in [0.5, 0.6) is 0 Å². The molecule has 0 amide bonds. The Kier molecular flexibility index (Phi) is 4.50. The molecule has 0 radical (unpaired) electrons. The highest BCUT2D eigenvalue weighted by Crippen LogP contribution is 2.35. The number of rotatable bonds is 5. The van der Waals surface area contributed by atoms with Crippen molar-refractivity contribution in [2.24, 2.45) is 0 Å². The number of thiazole rings is 1. The lowest BCUT2D eigenvalue weighted by Gasteiger charge is -2.04. The molecule has 2 rings (SSSR count). The highest BCUT2D eigenvalue weighted by atomic mass is 32.1. The van der Waals surface area contributed by atoms with Gasteiger partial charge >= 0.3 is 0 Å². The van der Waals surface area contributed by atoms with Crippen LogP contribution in [0.1, 0.15) is 36.9 Å². The molecule has 1 heterocycles. The maximum atomic E-state index is 11.0. The summed E-state index contributed by atoms with van der Waals surface area (Å²) in [5, 5.41) is 24.5. The van der Waals surface area contributed by atoms with E-state index in [-0.39, 0.29) is 17.3 Å². The van der Waals surface area contributed by atoms with Crippen molar-refractivity contribution >= 4 is 27.7 Å². The number of anilines is 2. The van der Waals surface area contributed by atoms with Gasteiger partial charge in [-0.25, -0.2) is 4.98 Å². The molecule has 0 saturated carbocycles. The fourth-order valence-electron chi connectivity index (χ4n) is 1.74. The number of hydrogen-bond donors (Lipinski definition) is 1. The quantitative estimate of drug-likeness (QED) is 0.660. The Hall–Kier alpha value is -2.46. The van der Waals surface area contributed by atoms with Crippen LogP contribution in [0.15, 0.2) is 24.3 Å². The molecule has 0 spiro atoms. The smallest absolute Gasteiger partial charge is 0.292 e. The summed E-state index contributed by atoms with van der Waals surface area (Å²) >= 11 is 1.36. The largest absolute Gasteiger partial charge is 0.339 e. The lowest BCUT2D eigenvalue weighted by Crippen LogP contribution is -1.96. The van der Waals surface area contributed by atoms with Gasteiger partial charge in [-0.3, -0.25) is 10.1 Å². The first-order chi connectivity index (χ1) is 10.1. The third kappa shape index (κ3) is 3.17. The zero-order valence-electron chi connectivity index (χ0n) is 11.7. The van der Waals surface area contributed by atoms with Crippen LogP contribution in [0.2, 0.25) is 0 Å². The Bertz CT molecular complexity index is 705. The van der Waals surface area contributed by atoms with E-state index >= 15 is 0 Å². The summed E-state index contributed by atoms with van der Waals surface area (Å²) in [6.07, 6.45) is 0.920. The van der Waals surface area contributed by atoms with Crippen LogP contribution in [0, 0.1) is 21.4 Å². The number of benzene rings is 1. The number of nitro benzene ring substituents is 1. The number of nitro groups is 1. The Morgan fingerprint density at radius 2 is 2.24 bits per heavy atom. The minimum Gasteiger partial charge on any atom is -0.339 e. The van der Waals surface area contributed by atoms with Gasteiger partial charge in [0.25, 0.3) is 5.69 Å².